The minimum Gasteiger partial charge on any atom is -0.481 e. The van der Waals surface area contributed by atoms with E-state index < -0.39 is 18.5 Å². The van der Waals surface area contributed by atoms with Crippen molar-refractivity contribution in [3.63, 3.8) is 0 Å². The van der Waals surface area contributed by atoms with Crippen LogP contribution in [0.3, 0.4) is 0 Å². The number of aliphatic hydroxyl groups is 1. The summed E-state index contributed by atoms with van der Waals surface area (Å²) in [6, 6.07) is 7.10. The van der Waals surface area contributed by atoms with E-state index in [1.54, 1.807) is 23.0 Å². The molecule has 0 saturated carbocycles. The van der Waals surface area contributed by atoms with Crippen molar-refractivity contribution in [3.05, 3.63) is 42.2 Å². The van der Waals surface area contributed by atoms with Gasteiger partial charge in [0.1, 0.15) is 5.92 Å². The highest BCUT2D eigenvalue weighted by Crippen LogP contribution is 2.22. The van der Waals surface area contributed by atoms with Crippen LogP contribution in [0, 0.1) is 0 Å². The van der Waals surface area contributed by atoms with Crippen molar-refractivity contribution < 1.29 is 20.5 Å². The van der Waals surface area contributed by atoms with Gasteiger partial charge in [0, 0.05) is 18.8 Å². The first kappa shape index (κ1) is 14.9. The third-order valence-corrected chi connectivity index (χ3v) is 2.83. The van der Waals surface area contributed by atoms with Crippen LogP contribution in [-0.4, -0.2) is 38.0 Å². The summed E-state index contributed by atoms with van der Waals surface area (Å²) in [6.07, 6.45) is 3.63. The molecule has 1 unspecified atom stereocenters. The number of aliphatic carboxylic acids is 1. The van der Waals surface area contributed by atoms with E-state index in [1.165, 1.54) is 0 Å². The molecule has 4 N–H and O–H groups in total. The van der Waals surface area contributed by atoms with E-state index in [4.69, 9.17) is 10.2 Å². The van der Waals surface area contributed by atoms with Crippen molar-refractivity contribution in [2.75, 3.05) is 6.61 Å². The van der Waals surface area contributed by atoms with Gasteiger partial charge in [-0.25, -0.2) is 0 Å². The van der Waals surface area contributed by atoms with E-state index in [0.717, 1.165) is 11.1 Å². The molecule has 2 aromatic rings. The SMILES string of the molecule is Cn1cc(-c2ccc(C(CO)C(=O)O)cc2)cn1.O. The maximum atomic E-state index is 10.9. The Morgan fingerprint density at radius 3 is 2.37 bits per heavy atom. The molecule has 0 saturated heterocycles. The molecule has 0 bridgehead atoms. The second kappa shape index (κ2) is 6.12. The number of aromatic nitrogens is 2. The van der Waals surface area contributed by atoms with Gasteiger partial charge in [-0.15, -0.1) is 0 Å². The molecule has 102 valence electrons. The maximum absolute atomic E-state index is 10.9. The number of benzene rings is 1. The third kappa shape index (κ3) is 3.18. The Bertz CT molecular complexity index is 548. The molecule has 0 fully saturated rings. The van der Waals surface area contributed by atoms with Gasteiger partial charge in [0.15, 0.2) is 0 Å². The zero-order chi connectivity index (χ0) is 13.1. The minimum atomic E-state index is -1.02. The predicted molar refractivity (Wildman–Crippen MR) is 69.7 cm³/mol. The highest BCUT2D eigenvalue weighted by atomic mass is 16.4. The second-order valence-corrected chi connectivity index (χ2v) is 4.10. The van der Waals surface area contributed by atoms with Crippen LogP contribution in [0.4, 0.5) is 0 Å². The van der Waals surface area contributed by atoms with Crippen LogP contribution in [0.1, 0.15) is 11.5 Å². The number of hydrogen-bond acceptors (Lipinski definition) is 3. The van der Waals surface area contributed by atoms with Gasteiger partial charge in [0.25, 0.3) is 0 Å². The zero-order valence-electron chi connectivity index (χ0n) is 10.4. The fourth-order valence-electron chi connectivity index (χ4n) is 1.80. The number of aryl methyl sites for hydroxylation is 1. The van der Waals surface area contributed by atoms with Gasteiger partial charge in [-0.05, 0) is 11.1 Å². The second-order valence-electron chi connectivity index (χ2n) is 4.10. The van der Waals surface area contributed by atoms with Gasteiger partial charge < -0.3 is 15.7 Å². The fraction of sp³-hybridized carbons (Fsp3) is 0.231. The summed E-state index contributed by atoms with van der Waals surface area (Å²) in [6.45, 7) is -0.401. The van der Waals surface area contributed by atoms with Crippen molar-refractivity contribution in [1.29, 1.82) is 0 Å². The standard InChI is InChI=1S/C13H14N2O3.H2O/c1-15-7-11(6-14-15)9-2-4-10(5-3-9)12(8-16)13(17)18;/h2-7,12,16H,8H2,1H3,(H,17,18);1H2. The van der Waals surface area contributed by atoms with E-state index in [-0.39, 0.29) is 5.48 Å². The smallest absolute Gasteiger partial charge is 0.313 e. The highest BCUT2D eigenvalue weighted by Gasteiger charge is 2.18. The molecule has 0 amide bonds. The van der Waals surface area contributed by atoms with E-state index in [1.807, 2.05) is 25.4 Å². The first-order valence-electron chi connectivity index (χ1n) is 5.54. The first-order chi connectivity index (χ1) is 8.61. The monoisotopic (exact) mass is 264 g/mol. The summed E-state index contributed by atoms with van der Waals surface area (Å²) in [5.41, 5.74) is 2.53. The molecule has 2 rings (SSSR count). The van der Waals surface area contributed by atoms with Crippen molar-refractivity contribution >= 4 is 5.97 Å². The topological polar surface area (TPSA) is 107 Å². The van der Waals surface area contributed by atoms with Crippen LogP contribution < -0.4 is 0 Å². The molecule has 1 aromatic heterocycles. The van der Waals surface area contributed by atoms with Crippen LogP contribution in [0.25, 0.3) is 11.1 Å². The lowest BCUT2D eigenvalue weighted by atomic mass is 9.98. The number of carboxylic acids is 1. The Hall–Kier alpha value is -2.18. The van der Waals surface area contributed by atoms with E-state index in [9.17, 15) is 4.79 Å². The average molecular weight is 264 g/mol. The molecule has 0 aliphatic carbocycles. The first-order valence-corrected chi connectivity index (χ1v) is 5.54. The fourth-order valence-corrected chi connectivity index (χ4v) is 1.80. The molecule has 6 nitrogen and oxygen atoms in total. The predicted octanol–water partition coefficient (Wildman–Crippen LogP) is 0.423. The van der Waals surface area contributed by atoms with Gasteiger partial charge in [-0.2, -0.15) is 5.10 Å². The molecule has 6 heteroatoms. The Morgan fingerprint density at radius 2 is 1.95 bits per heavy atom. The molecule has 0 aliphatic rings. The lowest BCUT2D eigenvalue weighted by molar-refractivity contribution is -0.139. The van der Waals surface area contributed by atoms with Crippen LogP contribution in [0.15, 0.2) is 36.7 Å². The van der Waals surface area contributed by atoms with Crippen molar-refractivity contribution in [2.24, 2.45) is 7.05 Å². The van der Waals surface area contributed by atoms with Crippen molar-refractivity contribution in [2.45, 2.75) is 5.92 Å². The number of carboxylic acid groups (broad SMARTS) is 1. The molecular weight excluding hydrogens is 248 g/mol. The highest BCUT2D eigenvalue weighted by molar-refractivity contribution is 5.76. The van der Waals surface area contributed by atoms with E-state index >= 15 is 0 Å². The summed E-state index contributed by atoms with van der Waals surface area (Å²) < 4.78 is 1.71. The number of nitrogens with zero attached hydrogens (tertiary/aromatic N) is 2. The Balaban J connectivity index is 0.00000180. The lowest BCUT2D eigenvalue weighted by Gasteiger charge is -2.09. The van der Waals surface area contributed by atoms with Crippen molar-refractivity contribution in [3.8, 4) is 11.1 Å². The molecule has 19 heavy (non-hydrogen) atoms. The Kier molecular flexibility index (Phi) is 4.80. The van der Waals surface area contributed by atoms with Gasteiger partial charge in [0.2, 0.25) is 0 Å². The summed E-state index contributed by atoms with van der Waals surface area (Å²) in [5.74, 6) is -1.89. The van der Waals surface area contributed by atoms with Crippen molar-refractivity contribution in [1.82, 2.24) is 9.78 Å². The van der Waals surface area contributed by atoms with Gasteiger partial charge in [-0.1, -0.05) is 24.3 Å². The molecule has 0 spiro atoms. The zero-order valence-corrected chi connectivity index (χ0v) is 10.4. The number of rotatable bonds is 4. The summed E-state index contributed by atoms with van der Waals surface area (Å²) >= 11 is 0. The molecule has 0 radical (unpaired) electrons. The number of aliphatic hydroxyl groups excluding tert-OH is 1. The van der Waals surface area contributed by atoms with Crippen LogP contribution in [-0.2, 0) is 11.8 Å². The van der Waals surface area contributed by atoms with E-state index in [2.05, 4.69) is 5.10 Å². The number of carbonyl (C=O) groups is 1. The molecule has 1 heterocycles. The Labute approximate surface area is 110 Å². The van der Waals surface area contributed by atoms with Crippen LogP contribution in [0.5, 0.6) is 0 Å². The van der Waals surface area contributed by atoms with E-state index in [0.29, 0.717) is 5.56 Å². The molecule has 1 atom stereocenters. The van der Waals surface area contributed by atoms with Gasteiger partial charge in [-0.3, -0.25) is 9.48 Å². The largest absolute Gasteiger partial charge is 0.481 e. The molecular formula is C13H16N2O4. The summed E-state index contributed by atoms with van der Waals surface area (Å²) in [4.78, 5) is 10.9. The van der Waals surface area contributed by atoms with Gasteiger partial charge in [0.05, 0.1) is 12.8 Å². The molecule has 0 aliphatic heterocycles. The maximum Gasteiger partial charge on any atom is 0.313 e. The van der Waals surface area contributed by atoms with Crippen LogP contribution in [0.2, 0.25) is 0 Å². The Morgan fingerprint density at radius 1 is 1.32 bits per heavy atom. The normalized spacial score (nSPS) is 11.7. The van der Waals surface area contributed by atoms with Crippen LogP contribution >= 0.6 is 0 Å². The van der Waals surface area contributed by atoms with Gasteiger partial charge >= 0.3 is 5.97 Å². The lowest BCUT2D eigenvalue weighted by Crippen LogP contribution is -2.15. The number of hydrogen-bond donors (Lipinski definition) is 2. The summed E-state index contributed by atoms with van der Waals surface area (Å²) in [7, 11) is 1.84. The average Bonchev–Trinajstić information content (AvgIpc) is 2.77. The summed E-state index contributed by atoms with van der Waals surface area (Å²) in [5, 5.41) is 22.1. The quantitative estimate of drug-likeness (QED) is 0.834. The third-order valence-electron chi connectivity index (χ3n) is 2.83. The minimum absolute atomic E-state index is 0. The molecule has 1 aromatic carbocycles.